The molecule has 1 saturated carbocycles. The van der Waals surface area contributed by atoms with Crippen LogP contribution in [0.4, 0.5) is 10.1 Å². The van der Waals surface area contributed by atoms with Crippen molar-refractivity contribution in [3.05, 3.63) is 60.1 Å². The quantitative estimate of drug-likeness (QED) is 0.298. The fourth-order valence-corrected chi connectivity index (χ4v) is 6.43. The summed E-state index contributed by atoms with van der Waals surface area (Å²) in [5, 5.41) is 0. The number of nitrogens with zero attached hydrogens (tertiary/aromatic N) is 5. The highest BCUT2D eigenvalue weighted by atomic mass is 19.1. The van der Waals surface area contributed by atoms with Gasteiger partial charge in [0.25, 0.3) is 0 Å². The highest BCUT2D eigenvalue weighted by molar-refractivity contribution is 5.95. The number of aryl methyl sites for hydroxylation is 2. The van der Waals surface area contributed by atoms with E-state index in [0.717, 1.165) is 59.5 Å². The zero-order chi connectivity index (χ0) is 26.4. The zero-order valence-corrected chi connectivity index (χ0v) is 22.3. The summed E-state index contributed by atoms with van der Waals surface area (Å²) in [5.41, 5.74) is 5.68. The first-order valence-corrected chi connectivity index (χ1v) is 13.6. The van der Waals surface area contributed by atoms with Crippen LogP contribution in [0.15, 0.2) is 42.7 Å². The van der Waals surface area contributed by atoms with Gasteiger partial charge in [0.2, 0.25) is 5.91 Å². The van der Waals surface area contributed by atoms with Crippen molar-refractivity contribution in [2.75, 3.05) is 12.0 Å². The largest absolute Gasteiger partial charge is 0.494 e. The van der Waals surface area contributed by atoms with E-state index >= 15 is 0 Å². The Bertz CT molecular complexity index is 1480. The molecule has 2 aromatic carbocycles. The second-order valence-electron chi connectivity index (χ2n) is 10.6. The molecule has 4 aromatic rings. The molecule has 1 aliphatic carbocycles. The molecule has 1 amide bonds. The smallest absolute Gasteiger partial charge is 0.227 e. The Morgan fingerprint density at radius 3 is 2.55 bits per heavy atom. The highest BCUT2D eigenvalue weighted by Gasteiger charge is 2.36. The molecule has 1 aliphatic heterocycles. The Hall–Kier alpha value is -3.68. The highest BCUT2D eigenvalue weighted by Crippen LogP contribution is 2.42. The second kappa shape index (κ2) is 9.89. The molecule has 7 nitrogen and oxygen atoms in total. The van der Waals surface area contributed by atoms with Crippen LogP contribution in [0.2, 0.25) is 0 Å². The van der Waals surface area contributed by atoms with Crippen molar-refractivity contribution in [1.82, 2.24) is 19.1 Å². The fraction of sp³-hybridized carbons (Fsp3) is 0.433. The van der Waals surface area contributed by atoms with Crippen molar-refractivity contribution in [3.63, 3.8) is 0 Å². The van der Waals surface area contributed by atoms with E-state index in [9.17, 15) is 9.18 Å². The van der Waals surface area contributed by atoms with Crippen molar-refractivity contribution in [2.45, 2.75) is 70.4 Å². The number of carbonyl (C=O) groups is 1. The Morgan fingerprint density at radius 2 is 1.84 bits per heavy atom. The third-order valence-corrected chi connectivity index (χ3v) is 8.21. The van der Waals surface area contributed by atoms with Crippen LogP contribution >= 0.6 is 0 Å². The summed E-state index contributed by atoms with van der Waals surface area (Å²) < 4.78 is 24.3. The van der Waals surface area contributed by atoms with Crippen molar-refractivity contribution < 1.29 is 13.9 Å². The third kappa shape index (κ3) is 4.16. The third-order valence-electron chi connectivity index (χ3n) is 8.21. The van der Waals surface area contributed by atoms with Crippen LogP contribution in [0.3, 0.4) is 0 Å². The predicted octanol–water partition coefficient (Wildman–Crippen LogP) is 6.66. The molecule has 0 spiro atoms. The van der Waals surface area contributed by atoms with Crippen molar-refractivity contribution in [1.29, 1.82) is 0 Å². The average Bonchev–Trinajstić information content (AvgIpc) is 3.47. The van der Waals surface area contributed by atoms with Gasteiger partial charge in [-0.25, -0.2) is 14.4 Å². The van der Waals surface area contributed by atoms with Gasteiger partial charge >= 0.3 is 0 Å². The average molecular weight is 516 g/mol. The maximum Gasteiger partial charge on any atom is 0.227 e. The number of rotatable bonds is 5. The molecular weight excluding hydrogens is 481 g/mol. The molecule has 1 atom stereocenters. The van der Waals surface area contributed by atoms with Crippen molar-refractivity contribution >= 4 is 22.6 Å². The maximum atomic E-state index is 14.8. The Morgan fingerprint density at radius 1 is 1.03 bits per heavy atom. The number of piperidine rings is 1. The molecule has 0 bridgehead atoms. The monoisotopic (exact) mass is 515 g/mol. The molecular formula is C30H34FN5O2. The molecule has 3 heterocycles. The van der Waals surface area contributed by atoms with Gasteiger partial charge in [-0.3, -0.25) is 4.79 Å². The summed E-state index contributed by atoms with van der Waals surface area (Å²) in [6.07, 6.45) is 9.66. The van der Waals surface area contributed by atoms with E-state index in [0.29, 0.717) is 18.2 Å². The first-order valence-electron chi connectivity index (χ1n) is 13.6. The number of hydrogen-bond acceptors (Lipinski definition) is 4. The van der Waals surface area contributed by atoms with Gasteiger partial charge in [0.05, 0.1) is 41.9 Å². The van der Waals surface area contributed by atoms with Gasteiger partial charge in [-0.05, 0) is 56.9 Å². The number of methoxy groups -OCH3 is 1. The molecule has 0 radical (unpaired) electrons. The number of carbonyl (C=O) groups excluding carboxylic acids is 1. The van der Waals surface area contributed by atoms with E-state index < -0.39 is 5.82 Å². The lowest BCUT2D eigenvalue weighted by Crippen LogP contribution is -2.40. The number of amides is 1. The fourth-order valence-electron chi connectivity index (χ4n) is 6.43. The SMILES string of the molecule is COc1ccc(N2C(=O)CCC[C@H]2c2nc3cc(-c4c(C)ncn4C)ccc3n2C2CCCCC2)cc1F. The number of aromatic nitrogens is 4. The maximum absolute atomic E-state index is 14.8. The lowest BCUT2D eigenvalue weighted by molar-refractivity contribution is -0.120. The van der Waals surface area contributed by atoms with Gasteiger partial charge in [-0.2, -0.15) is 0 Å². The van der Waals surface area contributed by atoms with Crippen LogP contribution in [0.1, 0.15) is 75.0 Å². The van der Waals surface area contributed by atoms with Crippen LogP contribution in [0.5, 0.6) is 5.75 Å². The number of benzene rings is 2. The Labute approximate surface area is 222 Å². The summed E-state index contributed by atoms with van der Waals surface area (Å²) in [5.74, 6) is 0.593. The molecule has 0 unspecified atom stereocenters. The molecule has 38 heavy (non-hydrogen) atoms. The van der Waals surface area contributed by atoms with Crippen LogP contribution in [-0.2, 0) is 11.8 Å². The Balaban J connectivity index is 1.51. The molecule has 8 heteroatoms. The summed E-state index contributed by atoms with van der Waals surface area (Å²) in [6, 6.07) is 11.3. The zero-order valence-electron chi connectivity index (χ0n) is 22.3. The molecule has 2 aliphatic rings. The summed E-state index contributed by atoms with van der Waals surface area (Å²) in [4.78, 5) is 24.8. The molecule has 198 valence electrons. The van der Waals surface area contributed by atoms with Gasteiger partial charge < -0.3 is 18.8 Å². The van der Waals surface area contributed by atoms with Crippen LogP contribution in [-0.4, -0.2) is 32.1 Å². The molecule has 1 saturated heterocycles. The van der Waals surface area contributed by atoms with E-state index in [1.807, 2.05) is 24.9 Å². The molecule has 2 fully saturated rings. The number of hydrogen-bond donors (Lipinski definition) is 0. The minimum atomic E-state index is -0.473. The van der Waals surface area contributed by atoms with Crippen LogP contribution in [0.25, 0.3) is 22.3 Å². The van der Waals surface area contributed by atoms with Crippen molar-refractivity contribution in [3.8, 4) is 17.0 Å². The van der Waals surface area contributed by atoms with E-state index in [-0.39, 0.29) is 17.7 Å². The van der Waals surface area contributed by atoms with Gasteiger partial charge in [0.15, 0.2) is 11.6 Å². The standard InChI is InChI=1S/C30H34FN5O2/c1-19-29(34(2)18-32-19)20-12-14-25-24(16-20)33-30(36(25)21-8-5-4-6-9-21)26-10-7-11-28(37)35(26)22-13-15-27(38-3)23(31)17-22/h12-18,21,26H,4-11H2,1-3H3/t26-/m0/s1. The van der Waals surface area contributed by atoms with E-state index in [1.165, 1.54) is 32.4 Å². The van der Waals surface area contributed by atoms with Gasteiger partial charge in [0.1, 0.15) is 5.82 Å². The number of anilines is 1. The number of ether oxygens (including phenoxy) is 1. The molecule has 6 rings (SSSR count). The number of halogens is 1. The summed E-state index contributed by atoms with van der Waals surface area (Å²) >= 11 is 0. The topological polar surface area (TPSA) is 65.2 Å². The number of fused-ring (bicyclic) bond motifs is 1. The number of imidazole rings is 2. The minimum absolute atomic E-state index is 0.000680. The Kier molecular flexibility index (Phi) is 6.41. The van der Waals surface area contributed by atoms with E-state index in [1.54, 1.807) is 17.0 Å². The van der Waals surface area contributed by atoms with Gasteiger partial charge in [0, 0.05) is 36.8 Å². The predicted molar refractivity (Wildman–Crippen MR) is 146 cm³/mol. The lowest BCUT2D eigenvalue weighted by Gasteiger charge is -2.37. The van der Waals surface area contributed by atoms with Crippen molar-refractivity contribution in [2.24, 2.45) is 7.05 Å². The summed E-state index contributed by atoms with van der Waals surface area (Å²) in [7, 11) is 3.45. The van der Waals surface area contributed by atoms with Crippen LogP contribution < -0.4 is 9.64 Å². The molecule has 0 N–H and O–H groups in total. The second-order valence-corrected chi connectivity index (χ2v) is 10.6. The normalized spacial score (nSPS) is 18.9. The summed E-state index contributed by atoms with van der Waals surface area (Å²) in [6.45, 7) is 2.02. The van der Waals surface area contributed by atoms with Gasteiger partial charge in [-0.15, -0.1) is 0 Å². The van der Waals surface area contributed by atoms with Gasteiger partial charge in [-0.1, -0.05) is 25.3 Å². The first kappa shape index (κ1) is 24.6. The van der Waals surface area contributed by atoms with E-state index in [4.69, 9.17) is 9.72 Å². The molecule has 2 aromatic heterocycles. The van der Waals surface area contributed by atoms with E-state index in [2.05, 4.69) is 27.8 Å². The lowest BCUT2D eigenvalue weighted by atomic mass is 9.94. The van der Waals surface area contributed by atoms with Crippen LogP contribution in [0, 0.1) is 12.7 Å². The first-order chi connectivity index (χ1) is 18.5. The minimum Gasteiger partial charge on any atom is -0.494 e.